The quantitative estimate of drug-likeness (QED) is 0.401. The predicted molar refractivity (Wildman–Crippen MR) is 111 cm³/mol. The van der Waals surface area contributed by atoms with E-state index in [0.717, 1.165) is 42.9 Å². The topological polar surface area (TPSA) is 23.9 Å². The zero-order valence-corrected chi connectivity index (χ0v) is 16.7. The Balaban J connectivity index is 1.97. The average Bonchev–Trinajstić information content (AvgIpc) is 2.58. The summed E-state index contributed by atoms with van der Waals surface area (Å²) in [6, 6.07) is 0. The molecule has 0 aliphatic heterocycles. The SMILES string of the molecule is C=C(C(=N)C1=CCC=CCCC1)C(C)C1CCCCCC(C)CCC1. The van der Waals surface area contributed by atoms with Crippen LogP contribution in [0, 0.1) is 23.2 Å². The molecule has 3 unspecified atom stereocenters. The zero-order valence-electron chi connectivity index (χ0n) is 16.7. The molecule has 1 nitrogen and oxygen atoms in total. The molecule has 0 amide bonds. The molecule has 25 heavy (non-hydrogen) atoms. The lowest BCUT2D eigenvalue weighted by Gasteiger charge is -2.28. The minimum absolute atomic E-state index is 0.448. The molecule has 140 valence electrons. The van der Waals surface area contributed by atoms with Crippen molar-refractivity contribution in [1.29, 1.82) is 5.41 Å². The molecule has 1 N–H and O–H groups in total. The monoisotopic (exact) mass is 341 g/mol. The van der Waals surface area contributed by atoms with E-state index in [1.807, 2.05) is 0 Å². The molecule has 0 aromatic rings. The largest absolute Gasteiger partial charge is 0.300 e. The van der Waals surface area contributed by atoms with Gasteiger partial charge in [0.1, 0.15) is 0 Å². The summed E-state index contributed by atoms with van der Waals surface area (Å²) < 4.78 is 0. The molecule has 1 heteroatoms. The van der Waals surface area contributed by atoms with Crippen LogP contribution in [0.3, 0.4) is 0 Å². The second-order valence-electron chi connectivity index (χ2n) is 8.45. The molecule has 0 saturated heterocycles. The molecule has 2 aliphatic rings. The van der Waals surface area contributed by atoms with Crippen LogP contribution in [0.1, 0.15) is 90.9 Å². The third-order valence-corrected chi connectivity index (χ3v) is 6.43. The van der Waals surface area contributed by atoms with Crippen molar-refractivity contribution in [2.24, 2.45) is 17.8 Å². The minimum atomic E-state index is 0.448. The first-order valence-corrected chi connectivity index (χ1v) is 10.7. The fourth-order valence-electron chi connectivity index (χ4n) is 4.48. The first kappa shape index (κ1) is 20.2. The second-order valence-corrected chi connectivity index (χ2v) is 8.45. The van der Waals surface area contributed by atoms with E-state index in [2.05, 4.69) is 38.7 Å². The van der Waals surface area contributed by atoms with Crippen LogP contribution in [-0.4, -0.2) is 5.71 Å². The van der Waals surface area contributed by atoms with Gasteiger partial charge in [-0.3, -0.25) is 0 Å². The summed E-state index contributed by atoms with van der Waals surface area (Å²) in [5, 5.41) is 8.72. The summed E-state index contributed by atoms with van der Waals surface area (Å²) >= 11 is 0. The zero-order chi connectivity index (χ0) is 18.1. The number of nitrogens with one attached hydrogen (secondary N) is 1. The average molecular weight is 342 g/mol. The Hall–Kier alpha value is -1.11. The summed E-state index contributed by atoms with van der Waals surface area (Å²) in [5.41, 5.74) is 3.06. The Kier molecular flexibility index (Phi) is 8.72. The normalized spacial score (nSPS) is 27.5. The summed E-state index contributed by atoms with van der Waals surface area (Å²) in [6.45, 7) is 9.14. The van der Waals surface area contributed by atoms with Gasteiger partial charge in [-0.15, -0.1) is 0 Å². The van der Waals surface area contributed by atoms with Gasteiger partial charge in [0.2, 0.25) is 0 Å². The van der Waals surface area contributed by atoms with Crippen molar-refractivity contribution >= 4 is 5.71 Å². The van der Waals surface area contributed by atoms with Crippen molar-refractivity contribution in [2.75, 3.05) is 0 Å². The summed E-state index contributed by atoms with van der Waals surface area (Å²) in [6.07, 6.45) is 22.0. The van der Waals surface area contributed by atoms with Crippen molar-refractivity contribution in [1.82, 2.24) is 0 Å². The maximum atomic E-state index is 8.72. The van der Waals surface area contributed by atoms with Gasteiger partial charge in [-0.1, -0.05) is 77.2 Å². The van der Waals surface area contributed by atoms with Crippen LogP contribution in [0.2, 0.25) is 0 Å². The third kappa shape index (κ3) is 6.60. The van der Waals surface area contributed by atoms with E-state index in [1.165, 1.54) is 56.9 Å². The van der Waals surface area contributed by atoms with Gasteiger partial charge in [0.05, 0.1) is 5.71 Å². The van der Waals surface area contributed by atoms with Crippen molar-refractivity contribution in [2.45, 2.75) is 90.9 Å². The lowest BCUT2D eigenvalue weighted by molar-refractivity contribution is 0.304. The molecule has 1 fully saturated rings. The van der Waals surface area contributed by atoms with Crippen LogP contribution in [0.25, 0.3) is 0 Å². The lowest BCUT2D eigenvalue weighted by atomic mass is 9.77. The molecule has 0 bridgehead atoms. The number of allylic oxidation sites excluding steroid dienone is 5. The standard InChI is InChI=1S/C24H39N/c1-19-13-8-7-11-15-22(18-12-14-19)20(2)21(3)24(25)23-16-9-5-4-6-10-17-23/h4-5,16,19-20,22,25H,3,6-15,17-18H2,1-2H3. The lowest BCUT2D eigenvalue weighted by Crippen LogP contribution is -2.20. The van der Waals surface area contributed by atoms with Crippen LogP contribution < -0.4 is 0 Å². The molecule has 1 saturated carbocycles. The molecule has 0 heterocycles. The Bertz CT molecular complexity index is 496. The predicted octanol–water partition coefficient (Wildman–Crippen LogP) is 7.64. The molecule has 0 radical (unpaired) electrons. The van der Waals surface area contributed by atoms with E-state index in [4.69, 9.17) is 5.41 Å². The highest BCUT2D eigenvalue weighted by atomic mass is 14.5. The Labute approximate surface area is 156 Å². The molecule has 0 aromatic carbocycles. The molecule has 0 aromatic heterocycles. The maximum absolute atomic E-state index is 8.72. The molecule has 2 rings (SSSR count). The van der Waals surface area contributed by atoms with Crippen molar-refractivity contribution in [3.05, 3.63) is 36.0 Å². The van der Waals surface area contributed by atoms with Gasteiger partial charge < -0.3 is 5.41 Å². The van der Waals surface area contributed by atoms with Crippen LogP contribution in [0.5, 0.6) is 0 Å². The van der Waals surface area contributed by atoms with Gasteiger partial charge in [-0.2, -0.15) is 0 Å². The third-order valence-electron chi connectivity index (χ3n) is 6.43. The van der Waals surface area contributed by atoms with Crippen LogP contribution in [-0.2, 0) is 0 Å². The Morgan fingerprint density at radius 3 is 2.60 bits per heavy atom. The van der Waals surface area contributed by atoms with Crippen LogP contribution in [0.4, 0.5) is 0 Å². The van der Waals surface area contributed by atoms with E-state index in [1.54, 1.807) is 0 Å². The van der Waals surface area contributed by atoms with Gasteiger partial charge in [0.15, 0.2) is 0 Å². The molecular formula is C24H39N. The van der Waals surface area contributed by atoms with Gasteiger partial charge in [0, 0.05) is 0 Å². The van der Waals surface area contributed by atoms with Gasteiger partial charge in [-0.05, 0) is 67.4 Å². The molecule has 2 aliphatic carbocycles. The molecular weight excluding hydrogens is 302 g/mol. The minimum Gasteiger partial charge on any atom is -0.300 e. The van der Waals surface area contributed by atoms with Gasteiger partial charge >= 0.3 is 0 Å². The number of hydrogen-bond acceptors (Lipinski definition) is 1. The van der Waals surface area contributed by atoms with Crippen molar-refractivity contribution < 1.29 is 0 Å². The summed E-state index contributed by atoms with van der Waals surface area (Å²) in [5.74, 6) is 2.06. The van der Waals surface area contributed by atoms with E-state index in [0.29, 0.717) is 11.8 Å². The smallest absolute Gasteiger partial charge is 0.0597 e. The van der Waals surface area contributed by atoms with Crippen molar-refractivity contribution in [3.63, 3.8) is 0 Å². The van der Waals surface area contributed by atoms with Gasteiger partial charge in [-0.25, -0.2) is 0 Å². The number of rotatable bonds is 4. The summed E-state index contributed by atoms with van der Waals surface area (Å²) in [7, 11) is 0. The second kappa shape index (κ2) is 10.8. The van der Waals surface area contributed by atoms with Crippen LogP contribution in [0.15, 0.2) is 36.0 Å². The highest BCUT2D eigenvalue weighted by Gasteiger charge is 2.24. The fraction of sp³-hybridized carbons (Fsp3) is 0.708. The fourth-order valence-corrected chi connectivity index (χ4v) is 4.48. The van der Waals surface area contributed by atoms with Crippen LogP contribution >= 0.6 is 0 Å². The molecule has 0 spiro atoms. The molecule has 3 atom stereocenters. The van der Waals surface area contributed by atoms with E-state index >= 15 is 0 Å². The highest BCUT2D eigenvalue weighted by molar-refractivity contribution is 6.10. The first-order valence-electron chi connectivity index (χ1n) is 10.7. The van der Waals surface area contributed by atoms with Crippen molar-refractivity contribution in [3.8, 4) is 0 Å². The Morgan fingerprint density at radius 1 is 1.04 bits per heavy atom. The maximum Gasteiger partial charge on any atom is 0.0597 e. The van der Waals surface area contributed by atoms with E-state index in [9.17, 15) is 0 Å². The number of hydrogen-bond donors (Lipinski definition) is 1. The Morgan fingerprint density at radius 2 is 1.76 bits per heavy atom. The highest BCUT2D eigenvalue weighted by Crippen LogP contribution is 2.33. The van der Waals surface area contributed by atoms with Gasteiger partial charge in [0.25, 0.3) is 0 Å². The van der Waals surface area contributed by atoms with E-state index < -0.39 is 0 Å². The first-order chi connectivity index (χ1) is 12.1. The summed E-state index contributed by atoms with van der Waals surface area (Å²) in [4.78, 5) is 0. The van der Waals surface area contributed by atoms with E-state index in [-0.39, 0.29) is 0 Å².